The summed E-state index contributed by atoms with van der Waals surface area (Å²) in [5, 5.41) is 0. The molecule has 0 saturated heterocycles. The van der Waals surface area contributed by atoms with E-state index in [1.807, 2.05) is 25.3 Å². The molecule has 0 aliphatic heterocycles. The summed E-state index contributed by atoms with van der Waals surface area (Å²) in [6, 6.07) is 3.98. The zero-order chi connectivity index (χ0) is 9.42. The molecule has 0 aromatic carbocycles. The summed E-state index contributed by atoms with van der Waals surface area (Å²) in [6.07, 6.45) is 4.11. The Bertz CT molecular complexity index is 340. The van der Waals surface area contributed by atoms with E-state index in [1.54, 1.807) is 4.57 Å². The van der Waals surface area contributed by atoms with E-state index in [4.69, 9.17) is 5.73 Å². The van der Waals surface area contributed by atoms with E-state index in [1.165, 1.54) is 0 Å². The summed E-state index contributed by atoms with van der Waals surface area (Å²) in [4.78, 5) is 11.8. The van der Waals surface area contributed by atoms with Crippen molar-refractivity contribution in [2.45, 2.75) is 31.8 Å². The molecule has 1 aliphatic rings. The van der Waals surface area contributed by atoms with Crippen LogP contribution in [0, 0.1) is 0 Å². The van der Waals surface area contributed by atoms with Crippen LogP contribution < -0.4 is 11.3 Å². The summed E-state index contributed by atoms with van der Waals surface area (Å²) < 4.78 is 1.80. The predicted octanol–water partition coefficient (Wildman–Crippen LogP) is 1.20. The Hall–Kier alpha value is -1.09. The van der Waals surface area contributed by atoms with Crippen LogP contribution in [0.3, 0.4) is 0 Å². The third kappa shape index (κ3) is 1.52. The van der Waals surface area contributed by atoms with E-state index in [0.29, 0.717) is 6.04 Å². The molecule has 1 saturated carbocycles. The molecule has 0 bridgehead atoms. The summed E-state index contributed by atoms with van der Waals surface area (Å²) in [6.45, 7) is 1.84. The number of rotatable bonds is 2. The van der Waals surface area contributed by atoms with Crippen LogP contribution in [0.25, 0.3) is 0 Å². The molecule has 2 rings (SSSR count). The van der Waals surface area contributed by atoms with Crippen LogP contribution in [-0.4, -0.2) is 4.57 Å². The van der Waals surface area contributed by atoms with Crippen molar-refractivity contribution >= 4 is 0 Å². The number of hydrogen-bond donors (Lipinski definition) is 1. The number of aromatic nitrogens is 1. The van der Waals surface area contributed by atoms with E-state index < -0.39 is 0 Å². The number of nitrogens with zero attached hydrogens (tertiary/aromatic N) is 1. The molecule has 1 unspecified atom stereocenters. The monoisotopic (exact) mass is 178 g/mol. The number of hydrogen-bond acceptors (Lipinski definition) is 2. The van der Waals surface area contributed by atoms with Gasteiger partial charge in [-0.05, 0) is 25.8 Å². The van der Waals surface area contributed by atoms with Crippen molar-refractivity contribution in [2.75, 3.05) is 0 Å². The van der Waals surface area contributed by atoms with Gasteiger partial charge in [0.15, 0.2) is 0 Å². The molecule has 0 spiro atoms. The van der Waals surface area contributed by atoms with E-state index in [0.717, 1.165) is 18.4 Å². The van der Waals surface area contributed by atoms with Crippen molar-refractivity contribution in [3.63, 3.8) is 0 Å². The average molecular weight is 178 g/mol. The summed E-state index contributed by atoms with van der Waals surface area (Å²) in [7, 11) is 0. The van der Waals surface area contributed by atoms with Gasteiger partial charge >= 0.3 is 0 Å². The second-order valence-corrected chi connectivity index (χ2v) is 3.70. The van der Waals surface area contributed by atoms with Gasteiger partial charge in [-0.15, -0.1) is 0 Å². The highest BCUT2D eigenvalue weighted by molar-refractivity contribution is 5.15. The molecule has 1 aromatic heterocycles. The zero-order valence-corrected chi connectivity index (χ0v) is 7.73. The van der Waals surface area contributed by atoms with Crippen molar-refractivity contribution in [1.82, 2.24) is 4.57 Å². The topological polar surface area (TPSA) is 48.0 Å². The molecule has 1 aliphatic carbocycles. The van der Waals surface area contributed by atoms with Crippen LogP contribution in [0.2, 0.25) is 0 Å². The first-order valence-corrected chi connectivity index (χ1v) is 4.67. The van der Waals surface area contributed by atoms with E-state index in [-0.39, 0.29) is 11.6 Å². The van der Waals surface area contributed by atoms with Crippen LogP contribution in [-0.2, 0) is 0 Å². The van der Waals surface area contributed by atoms with Gasteiger partial charge in [-0.2, -0.15) is 0 Å². The number of nitrogens with two attached hydrogens (primary N) is 1. The van der Waals surface area contributed by atoms with Crippen molar-refractivity contribution < 1.29 is 0 Å². The van der Waals surface area contributed by atoms with Gasteiger partial charge in [-0.25, -0.2) is 0 Å². The van der Waals surface area contributed by atoms with Crippen LogP contribution in [0.1, 0.15) is 37.4 Å². The van der Waals surface area contributed by atoms with Gasteiger partial charge in [-0.3, -0.25) is 4.79 Å². The van der Waals surface area contributed by atoms with Gasteiger partial charge in [0.2, 0.25) is 0 Å². The molecule has 2 N–H and O–H groups in total. The highest BCUT2D eigenvalue weighted by Crippen LogP contribution is 2.33. The minimum absolute atomic E-state index is 0.0833. The fraction of sp³-hybridized carbons (Fsp3) is 0.500. The lowest BCUT2D eigenvalue weighted by atomic mass is 10.1. The predicted molar refractivity (Wildman–Crippen MR) is 51.6 cm³/mol. The van der Waals surface area contributed by atoms with E-state index >= 15 is 0 Å². The first-order chi connectivity index (χ1) is 6.20. The fourth-order valence-corrected chi connectivity index (χ4v) is 1.51. The smallest absolute Gasteiger partial charge is 0.255 e. The second kappa shape index (κ2) is 3.00. The van der Waals surface area contributed by atoms with Crippen LogP contribution in [0.5, 0.6) is 0 Å². The Labute approximate surface area is 77.2 Å². The normalized spacial score (nSPS) is 18.6. The highest BCUT2D eigenvalue weighted by Gasteiger charge is 2.25. The van der Waals surface area contributed by atoms with E-state index in [2.05, 4.69) is 0 Å². The average Bonchev–Trinajstić information content (AvgIpc) is 2.87. The largest absolute Gasteiger partial charge is 0.324 e. The molecule has 1 heterocycles. The van der Waals surface area contributed by atoms with Crippen LogP contribution in [0.15, 0.2) is 23.1 Å². The highest BCUT2D eigenvalue weighted by atomic mass is 16.1. The maximum absolute atomic E-state index is 11.8. The molecule has 3 nitrogen and oxygen atoms in total. The van der Waals surface area contributed by atoms with E-state index in [9.17, 15) is 4.79 Å². The maximum Gasteiger partial charge on any atom is 0.255 e. The third-order valence-electron chi connectivity index (χ3n) is 2.43. The minimum Gasteiger partial charge on any atom is -0.324 e. The van der Waals surface area contributed by atoms with Crippen LogP contribution >= 0.6 is 0 Å². The zero-order valence-electron chi connectivity index (χ0n) is 7.73. The van der Waals surface area contributed by atoms with Gasteiger partial charge in [0.1, 0.15) is 0 Å². The molecule has 13 heavy (non-hydrogen) atoms. The maximum atomic E-state index is 11.8. The molecular formula is C10H14N2O. The van der Waals surface area contributed by atoms with Crippen LogP contribution in [0.4, 0.5) is 0 Å². The molecule has 70 valence electrons. The van der Waals surface area contributed by atoms with Gasteiger partial charge < -0.3 is 10.3 Å². The standard InChI is InChI=1S/C10H14N2O/c1-7(11)9-3-2-6-12(10(9)13)8-4-5-8/h2-3,6-8H,4-5,11H2,1H3. The molecule has 0 radical (unpaired) electrons. The molecule has 1 atom stereocenters. The Morgan fingerprint density at radius 3 is 2.85 bits per heavy atom. The van der Waals surface area contributed by atoms with Gasteiger partial charge in [0.25, 0.3) is 5.56 Å². The summed E-state index contributed by atoms with van der Waals surface area (Å²) in [5.41, 5.74) is 6.49. The Balaban J connectivity index is 2.48. The lowest BCUT2D eigenvalue weighted by molar-refractivity contribution is 0.677. The van der Waals surface area contributed by atoms with Gasteiger partial charge in [0.05, 0.1) is 0 Å². The third-order valence-corrected chi connectivity index (χ3v) is 2.43. The lowest BCUT2D eigenvalue weighted by Crippen LogP contribution is -2.25. The SMILES string of the molecule is CC(N)c1cccn(C2CC2)c1=O. The van der Waals surface area contributed by atoms with Crippen molar-refractivity contribution in [3.8, 4) is 0 Å². The van der Waals surface area contributed by atoms with Gasteiger partial charge in [0, 0.05) is 23.8 Å². The Morgan fingerprint density at radius 1 is 1.62 bits per heavy atom. The fourth-order valence-electron chi connectivity index (χ4n) is 1.51. The Morgan fingerprint density at radius 2 is 2.31 bits per heavy atom. The molecule has 0 amide bonds. The lowest BCUT2D eigenvalue weighted by Gasteiger charge is -2.08. The minimum atomic E-state index is -0.168. The first-order valence-electron chi connectivity index (χ1n) is 4.67. The van der Waals surface area contributed by atoms with Gasteiger partial charge in [-0.1, -0.05) is 6.07 Å². The first kappa shape index (κ1) is 8.51. The van der Waals surface area contributed by atoms with Crippen molar-refractivity contribution in [2.24, 2.45) is 5.73 Å². The van der Waals surface area contributed by atoms with Crippen molar-refractivity contribution in [1.29, 1.82) is 0 Å². The summed E-state index contributed by atoms with van der Waals surface area (Å²) >= 11 is 0. The molecule has 3 heteroatoms. The molecule has 1 fully saturated rings. The molecular weight excluding hydrogens is 164 g/mol. The summed E-state index contributed by atoms with van der Waals surface area (Å²) in [5.74, 6) is 0. The molecule has 1 aromatic rings. The second-order valence-electron chi connectivity index (χ2n) is 3.70. The van der Waals surface area contributed by atoms with Crippen molar-refractivity contribution in [3.05, 3.63) is 34.2 Å². The quantitative estimate of drug-likeness (QED) is 0.739. The Kier molecular flexibility index (Phi) is 1.96. The number of pyridine rings is 1.